The summed E-state index contributed by atoms with van der Waals surface area (Å²) in [6.45, 7) is 3.55. The molecule has 0 aromatic heterocycles. The maximum Gasteiger partial charge on any atom is 0.233 e. The van der Waals surface area contributed by atoms with Gasteiger partial charge >= 0.3 is 0 Å². The van der Waals surface area contributed by atoms with Crippen molar-refractivity contribution in [1.82, 2.24) is 4.90 Å². The highest BCUT2D eigenvalue weighted by atomic mass is 19.1. The van der Waals surface area contributed by atoms with E-state index in [1.165, 1.54) is 12.1 Å². The van der Waals surface area contributed by atoms with Crippen LogP contribution in [0.1, 0.15) is 36.0 Å². The van der Waals surface area contributed by atoms with E-state index in [2.05, 4.69) is 4.90 Å². The SMILES string of the molecule is N/C(=C1\Oc2ccccc2C1=O)C1CCN(CCCCOc2ccc(F)cc2)CC1. The monoisotopic (exact) mass is 410 g/mol. The van der Waals surface area contributed by atoms with Gasteiger partial charge in [-0.05, 0) is 81.7 Å². The standard InChI is InChI=1S/C24H27FN2O3/c25-18-7-9-19(10-8-18)29-16-4-3-13-27-14-11-17(12-15-27)22(26)24-23(28)20-5-1-2-6-21(20)30-24/h1-2,5-10,17H,3-4,11-16,26H2/b24-22-. The predicted molar refractivity (Wildman–Crippen MR) is 113 cm³/mol. The first-order valence-corrected chi connectivity index (χ1v) is 10.5. The Kier molecular flexibility index (Phi) is 6.33. The molecule has 0 radical (unpaired) electrons. The van der Waals surface area contributed by atoms with Crippen molar-refractivity contribution >= 4 is 5.78 Å². The number of hydrogen-bond donors (Lipinski definition) is 1. The Bertz CT molecular complexity index is 918. The first kappa shape index (κ1) is 20.4. The highest BCUT2D eigenvalue weighted by Crippen LogP contribution is 2.34. The summed E-state index contributed by atoms with van der Waals surface area (Å²) >= 11 is 0. The van der Waals surface area contributed by atoms with Crippen LogP contribution < -0.4 is 15.2 Å². The molecule has 1 fully saturated rings. The van der Waals surface area contributed by atoms with Crippen molar-refractivity contribution in [3.05, 3.63) is 71.4 Å². The minimum Gasteiger partial charge on any atom is -0.494 e. The summed E-state index contributed by atoms with van der Waals surface area (Å²) in [6, 6.07) is 13.4. The molecule has 2 aromatic carbocycles. The van der Waals surface area contributed by atoms with E-state index in [9.17, 15) is 9.18 Å². The predicted octanol–water partition coefficient (Wildman–Crippen LogP) is 4.14. The van der Waals surface area contributed by atoms with Gasteiger partial charge in [-0.15, -0.1) is 0 Å². The van der Waals surface area contributed by atoms with E-state index in [4.69, 9.17) is 15.2 Å². The summed E-state index contributed by atoms with van der Waals surface area (Å²) in [6.07, 6.45) is 3.84. The summed E-state index contributed by atoms with van der Waals surface area (Å²) in [7, 11) is 0. The lowest BCUT2D eigenvalue weighted by Gasteiger charge is -2.32. The van der Waals surface area contributed by atoms with Crippen molar-refractivity contribution < 1.29 is 18.7 Å². The number of nitrogens with two attached hydrogens (primary N) is 1. The second-order valence-corrected chi connectivity index (χ2v) is 7.84. The zero-order valence-corrected chi connectivity index (χ0v) is 17.0. The number of rotatable bonds is 7. The number of carbonyl (C=O) groups is 1. The molecule has 6 heteroatoms. The molecular weight excluding hydrogens is 383 g/mol. The molecule has 30 heavy (non-hydrogen) atoms. The van der Waals surface area contributed by atoms with Gasteiger partial charge in [0.15, 0.2) is 5.76 Å². The molecule has 2 aliphatic rings. The number of unbranched alkanes of at least 4 members (excludes halogenated alkanes) is 1. The van der Waals surface area contributed by atoms with Gasteiger partial charge in [0.2, 0.25) is 5.78 Å². The Balaban J connectivity index is 1.19. The zero-order chi connectivity index (χ0) is 20.9. The molecule has 0 bridgehead atoms. The molecule has 0 spiro atoms. The third kappa shape index (κ3) is 4.65. The normalized spacial score (nSPS) is 18.8. The van der Waals surface area contributed by atoms with E-state index in [0.717, 1.165) is 45.3 Å². The second kappa shape index (κ2) is 9.30. The van der Waals surface area contributed by atoms with E-state index in [0.29, 0.717) is 35.1 Å². The molecule has 2 aromatic rings. The van der Waals surface area contributed by atoms with E-state index in [1.807, 2.05) is 12.1 Å². The third-order valence-electron chi connectivity index (χ3n) is 5.79. The fourth-order valence-corrected chi connectivity index (χ4v) is 4.02. The molecule has 0 atom stereocenters. The van der Waals surface area contributed by atoms with Crippen LogP contribution in [-0.4, -0.2) is 36.9 Å². The first-order valence-electron chi connectivity index (χ1n) is 10.5. The van der Waals surface area contributed by atoms with E-state index in [1.54, 1.807) is 24.3 Å². The molecule has 0 saturated carbocycles. The number of piperidine rings is 1. The molecule has 158 valence electrons. The minimum atomic E-state index is -0.254. The molecule has 5 nitrogen and oxygen atoms in total. The van der Waals surface area contributed by atoms with E-state index in [-0.39, 0.29) is 17.5 Å². The molecule has 0 amide bonds. The number of ketones is 1. The number of fused-ring (bicyclic) bond motifs is 1. The lowest BCUT2D eigenvalue weighted by Crippen LogP contribution is -2.36. The minimum absolute atomic E-state index is 0.105. The molecule has 2 heterocycles. The van der Waals surface area contributed by atoms with Crippen LogP contribution in [0.4, 0.5) is 4.39 Å². The Morgan fingerprint density at radius 1 is 1.10 bits per heavy atom. The zero-order valence-electron chi connectivity index (χ0n) is 17.0. The average molecular weight is 410 g/mol. The summed E-state index contributed by atoms with van der Waals surface area (Å²) in [4.78, 5) is 15.0. The van der Waals surface area contributed by atoms with Crippen molar-refractivity contribution in [2.24, 2.45) is 11.7 Å². The molecule has 2 N–H and O–H groups in total. The van der Waals surface area contributed by atoms with Crippen molar-refractivity contribution in [3.63, 3.8) is 0 Å². The van der Waals surface area contributed by atoms with Crippen LogP contribution in [-0.2, 0) is 0 Å². The Morgan fingerprint density at radius 3 is 2.57 bits per heavy atom. The van der Waals surface area contributed by atoms with Gasteiger partial charge in [-0.1, -0.05) is 12.1 Å². The number of ether oxygens (including phenoxy) is 2. The molecule has 1 saturated heterocycles. The van der Waals surface area contributed by atoms with Gasteiger partial charge in [0.05, 0.1) is 17.9 Å². The maximum atomic E-state index is 12.9. The van der Waals surface area contributed by atoms with Crippen LogP contribution in [0.5, 0.6) is 11.5 Å². The summed E-state index contributed by atoms with van der Waals surface area (Å²) in [5.74, 6) is 1.43. The number of benzene rings is 2. The van der Waals surface area contributed by atoms with Crippen LogP contribution in [0.25, 0.3) is 0 Å². The van der Waals surface area contributed by atoms with Crippen LogP contribution >= 0.6 is 0 Å². The quantitative estimate of drug-likeness (QED) is 0.549. The highest BCUT2D eigenvalue weighted by Gasteiger charge is 2.32. The Morgan fingerprint density at radius 2 is 1.83 bits per heavy atom. The number of para-hydroxylation sites is 1. The molecule has 4 rings (SSSR count). The molecule has 0 unspecified atom stereocenters. The largest absolute Gasteiger partial charge is 0.494 e. The lowest BCUT2D eigenvalue weighted by atomic mass is 9.92. The van der Waals surface area contributed by atoms with Crippen molar-refractivity contribution in [3.8, 4) is 11.5 Å². The van der Waals surface area contributed by atoms with E-state index < -0.39 is 0 Å². The Labute approximate surface area is 176 Å². The fraction of sp³-hybridized carbons (Fsp3) is 0.375. The number of likely N-dealkylation sites (tertiary alicyclic amines) is 1. The van der Waals surface area contributed by atoms with Gasteiger partial charge in [0.25, 0.3) is 0 Å². The first-order chi connectivity index (χ1) is 14.6. The van der Waals surface area contributed by atoms with Gasteiger partial charge < -0.3 is 20.1 Å². The van der Waals surface area contributed by atoms with Gasteiger partial charge in [0, 0.05) is 5.92 Å². The second-order valence-electron chi connectivity index (χ2n) is 7.84. The number of allylic oxidation sites excluding steroid dienone is 2. The molecule has 0 aliphatic carbocycles. The topological polar surface area (TPSA) is 64.8 Å². The molecular formula is C24H27FN2O3. The van der Waals surface area contributed by atoms with Gasteiger partial charge in [-0.25, -0.2) is 4.39 Å². The van der Waals surface area contributed by atoms with Crippen LogP contribution in [0.3, 0.4) is 0 Å². The third-order valence-corrected chi connectivity index (χ3v) is 5.79. The lowest BCUT2D eigenvalue weighted by molar-refractivity contribution is 0.101. The average Bonchev–Trinajstić information content (AvgIpc) is 3.11. The maximum absolute atomic E-state index is 12.9. The fourth-order valence-electron chi connectivity index (χ4n) is 4.02. The number of halogens is 1. The summed E-state index contributed by atoms with van der Waals surface area (Å²) in [5, 5.41) is 0. The smallest absolute Gasteiger partial charge is 0.233 e. The summed E-state index contributed by atoms with van der Waals surface area (Å²) in [5.41, 5.74) is 7.53. The van der Waals surface area contributed by atoms with Crippen molar-refractivity contribution in [1.29, 1.82) is 0 Å². The Hall–Kier alpha value is -2.86. The van der Waals surface area contributed by atoms with E-state index >= 15 is 0 Å². The molecule has 2 aliphatic heterocycles. The number of hydrogen-bond acceptors (Lipinski definition) is 5. The van der Waals surface area contributed by atoms with Crippen LogP contribution in [0.15, 0.2) is 60.0 Å². The van der Waals surface area contributed by atoms with Gasteiger partial charge in [-0.3, -0.25) is 4.79 Å². The van der Waals surface area contributed by atoms with Crippen LogP contribution in [0, 0.1) is 11.7 Å². The number of carbonyl (C=O) groups excluding carboxylic acids is 1. The number of nitrogens with zero attached hydrogens (tertiary/aromatic N) is 1. The van der Waals surface area contributed by atoms with Crippen LogP contribution in [0.2, 0.25) is 0 Å². The number of Topliss-reactive ketones (excluding diaryl/α,β-unsaturated/α-hetero) is 1. The van der Waals surface area contributed by atoms with Gasteiger partial charge in [-0.2, -0.15) is 0 Å². The van der Waals surface area contributed by atoms with Crippen molar-refractivity contribution in [2.75, 3.05) is 26.2 Å². The van der Waals surface area contributed by atoms with Gasteiger partial charge in [0.1, 0.15) is 17.3 Å². The summed E-state index contributed by atoms with van der Waals surface area (Å²) < 4.78 is 24.3. The van der Waals surface area contributed by atoms with Crippen molar-refractivity contribution in [2.45, 2.75) is 25.7 Å². The highest BCUT2D eigenvalue weighted by molar-refractivity contribution is 6.12.